The van der Waals surface area contributed by atoms with E-state index in [0.29, 0.717) is 45.1 Å². The van der Waals surface area contributed by atoms with Crippen LogP contribution in [-0.4, -0.2) is 13.7 Å². The number of aromatic nitrogens is 3. The Hall–Kier alpha value is -11.5. The smallest absolute Gasteiger partial charge is 0.195 e. The lowest BCUT2D eigenvalue weighted by atomic mass is 9.73. The van der Waals surface area contributed by atoms with E-state index in [9.17, 15) is 0 Å². The van der Waals surface area contributed by atoms with Crippen LogP contribution >= 0.6 is 35.9 Å². The van der Waals surface area contributed by atoms with Crippen LogP contribution < -0.4 is 54.3 Å². The average molecular weight is 1440 g/mol. The van der Waals surface area contributed by atoms with E-state index in [2.05, 4.69) is 299 Å². The highest BCUT2D eigenvalue weighted by Gasteiger charge is 2.51. The Bertz CT molecular complexity index is 7050. The number of hydrogen-bond donors (Lipinski definition) is 0. The zero-order chi connectivity index (χ0) is 69.1. The molecule has 1 aliphatic carbocycles. The average Bonchev–Trinajstić information content (AvgIpc) is 1.68. The molecule has 18 aromatic rings. The number of nitrogens with zero attached hydrogens (tertiary/aromatic N) is 4. The Morgan fingerprint density at radius 3 is 1.61 bits per heavy atom. The van der Waals surface area contributed by atoms with E-state index >= 15 is 4.57 Å². The number of aryl methyl sites for hydroxylation is 1. The minimum Gasteiger partial charge on any atom is -0.456 e. The topological polar surface area (TPSA) is 72.0 Å². The van der Waals surface area contributed by atoms with Gasteiger partial charge in [0.1, 0.15) is 44.4 Å². The summed E-state index contributed by atoms with van der Waals surface area (Å²) in [7, 11) is -3.63. The Morgan fingerprint density at radius 1 is 0.419 bits per heavy atom. The van der Waals surface area contributed by atoms with Gasteiger partial charge in [-0.1, -0.05) is 171 Å². The van der Waals surface area contributed by atoms with Gasteiger partial charge in [0.2, 0.25) is 0 Å². The molecule has 2 unspecified atom stereocenters. The van der Waals surface area contributed by atoms with Gasteiger partial charge in [0, 0.05) is 105 Å². The zero-order valence-electron chi connectivity index (χ0n) is 56.4. The molecule has 0 N–H and O–H groups in total. The minimum atomic E-state index is -3.63. The molecule has 0 saturated carbocycles. The van der Waals surface area contributed by atoms with Crippen LogP contribution in [0.5, 0.6) is 46.0 Å². The Kier molecular flexibility index (Phi) is 11.7. The standard InChI is InChI=1S/C91H56N4O5P2S3/c1-91(2)64-27-9-16-34-71(64)95(72-35-17-10-28-65(72)91)55-47-76-87-77(48-55)99-85-62-25-8-18-37-82(62)104-89(85)101(87,96)80-41-38-51(44-74(80)97-76)56-26-19-36-73-84(56)61-24-7-15-33-70(61)93(73)52-40-43-83-63(45-52)86-90(105-83)102(103)81-42-39-53(92-66-29-11-3-20-57(66)58-21-4-12-30-67(58)92)46-75(81)98-78-49-54(50-79(100-86)88(78)102)94-68-31-13-5-22-59(68)60-23-6-14-32-69(60)94/h3-6,8-23,25-50H,7,24H2,1-2H3. The summed E-state index contributed by atoms with van der Waals surface area (Å²) in [5.74, 6) is 5.29. The van der Waals surface area contributed by atoms with Crippen LogP contribution in [0.4, 0.5) is 17.1 Å². The van der Waals surface area contributed by atoms with Crippen molar-refractivity contribution >= 4 is 176 Å². The highest BCUT2D eigenvalue weighted by atomic mass is 32.4. The molecule has 105 heavy (non-hydrogen) atoms. The van der Waals surface area contributed by atoms with Crippen molar-refractivity contribution in [2.45, 2.75) is 32.1 Å². The van der Waals surface area contributed by atoms with Crippen LogP contribution in [0.15, 0.2) is 273 Å². The van der Waals surface area contributed by atoms with Crippen molar-refractivity contribution in [1.29, 1.82) is 0 Å². The van der Waals surface area contributed by atoms with Gasteiger partial charge >= 0.3 is 0 Å². The molecule has 0 bridgehead atoms. The number of hydrogen-bond acceptors (Lipinski definition) is 9. The lowest BCUT2D eigenvalue weighted by Gasteiger charge is -2.42. The van der Waals surface area contributed by atoms with Gasteiger partial charge in [-0.25, -0.2) is 0 Å². The lowest BCUT2D eigenvalue weighted by molar-refractivity contribution is 0.465. The molecule has 2 atom stereocenters. The van der Waals surface area contributed by atoms with Crippen molar-refractivity contribution in [2.75, 3.05) is 4.90 Å². The first-order chi connectivity index (χ1) is 51.6. The molecule has 9 nitrogen and oxygen atoms in total. The minimum absolute atomic E-state index is 0.263. The number of benzene rings is 13. The van der Waals surface area contributed by atoms with Gasteiger partial charge in [-0.2, -0.15) is 0 Å². The van der Waals surface area contributed by atoms with E-state index in [1.54, 1.807) is 22.7 Å². The maximum atomic E-state index is 17.1. The van der Waals surface area contributed by atoms with Crippen molar-refractivity contribution in [3.8, 4) is 74.2 Å². The van der Waals surface area contributed by atoms with Crippen LogP contribution in [0.3, 0.4) is 0 Å². The van der Waals surface area contributed by atoms with Crippen molar-refractivity contribution in [1.82, 2.24) is 13.7 Å². The van der Waals surface area contributed by atoms with Crippen LogP contribution in [-0.2, 0) is 28.2 Å². The summed E-state index contributed by atoms with van der Waals surface area (Å²) < 4.78 is 57.5. The van der Waals surface area contributed by atoms with E-state index < -0.39 is 13.2 Å². The molecule has 0 spiro atoms. The monoisotopic (exact) mass is 1440 g/mol. The second-order valence-corrected chi connectivity index (χ2v) is 38.3. The normalized spacial score (nSPS) is 17.3. The first kappa shape index (κ1) is 59.0. The van der Waals surface area contributed by atoms with E-state index in [1.165, 1.54) is 43.6 Å². The molecule has 0 fully saturated rings. The Balaban J connectivity index is 0.672. The molecule has 0 amide bonds. The molecule has 14 heteroatoms. The second kappa shape index (κ2) is 20.9. The maximum absolute atomic E-state index is 17.1. The summed E-state index contributed by atoms with van der Waals surface area (Å²) in [6.07, 6.45) is 6.36. The summed E-state index contributed by atoms with van der Waals surface area (Å²) in [4.78, 5) is 2.32. The third-order valence-corrected chi connectivity index (χ3v) is 34.8. The van der Waals surface area contributed by atoms with Gasteiger partial charge < -0.3 is 42.1 Å². The van der Waals surface area contributed by atoms with Gasteiger partial charge in [0.25, 0.3) is 0 Å². The molecule has 24 rings (SSSR count). The number of thiophene rings is 2. The Labute approximate surface area is 615 Å². The highest BCUT2D eigenvalue weighted by molar-refractivity contribution is 8.27. The predicted octanol–water partition coefficient (Wildman–Crippen LogP) is 22.8. The molecule has 6 aliphatic rings. The highest BCUT2D eigenvalue weighted by Crippen LogP contribution is 2.65. The molecular formula is C91H56N4O5P2S3. The first-order valence-electron chi connectivity index (χ1n) is 35.5. The van der Waals surface area contributed by atoms with Crippen LogP contribution in [0.2, 0.25) is 0 Å². The third-order valence-electron chi connectivity index (χ3n) is 23.0. The second-order valence-electron chi connectivity index (χ2n) is 28.8. The fourth-order valence-electron chi connectivity index (χ4n) is 18.4. The van der Waals surface area contributed by atoms with Crippen molar-refractivity contribution in [3.63, 3.8) is 0 Å². The number of allylic oxidation sites excluding steroid dienone is 1. The molecular weight excluding hydrogens is 1390 g/mol. The molecule has 13 aromatic carbocycles. The van der Waals surface area contributed by atoms with E-state index in [1.807, 2.05) is 12.1 Å². The number of rotatable bonds is 5. The van der Waals surface area contributed by atoms with Gasteiger partial charge in [-0.3, -0.25) is 0 Å². The quantitative estimate of drug-likeness (QED) is 0.159. The van der Waals surface area contributed by atoms with Crippen LogP contribution in [0.1, 0.15) is 42.7 Å². The van der Waals surface area contributed by atoms with E-state index in [-0.39, 0.29) is 5.41 Å². The number of ether oxygens (including phenoxy) is 4. The zero-order valence-corrected chi connectivity index (χ0v) is 60.7. The molecule has 5 aromatic heterocycles. The third kappa shape index (κ3) is 7.72. The maximum Gasteiger partial charge on any atom is 0.195 e. The lowest BCUT2D eigenvalue weighted by Crippen LogP contribution is -2.34. The molecule has 498 valence electrons. The predicted molar refractivity (Wildman–Crippen MR) is 438 cm³/mol. The van der Waals surface area contributed by atoms with Crippen molar-refractivity contribution in [3.05, 3.63) is 295 Å². The Morgan fingerprint density at radius 2 is 0.924 bits per heavy atom. The molecule has 0 radical (unpaired) electrons. The van der Waals surface area contributed by atoms with Gasteiger partial charge in [-0.15, -0.1) is 22.7 Å². The number of anilines is 3. The summed E-state index contributed by atoms with van der Waals surface area (Å²) in [5.41, 5.74) is 18.1. The van der Waals surface area contributed by atoms with Gasteiger partial charge in [0.05, 0.1) is 71.6 Å². The van der Waals surface area contributed by atoms with Gasteiger partial charge in [0.15, 0.2) is 18.6 Å². The van der Waals surface area contributed by atoms with Crippen molar-refractivity contribution in [2.24, 2.45) is 0 Å². The summed E-state index contributed by atoms with van der Waals surface area (Å²) in [6.45, 7) is 4.60. The molecule has 5 aliphatic heterocycles. The summed E-state index contributed by atoms with van der Waals surface area (Å²) in [5, 5.41) is 11.1. The van der Waals surface area contributed by atoms with Crippen molar-refractivity contribution < 1.29 is 23.5 Å². The fraction of sp³-hybridized carbons (Fsp3) is 0.0549. The largest absolute Gasteiger partial charge is 0.456 e. The van der Waals surface area contributed by atoms with E-state index in [4.69, 9.17) is 30.8 Å². The van der Waals surface area contributed by atoms with E-state index in [0.717, 1.165) is 143 Å². The number of fused-ring (bicyclic) bond motifs is 23. The van der Waals surface area contributed by atoms with Crippen LogP contribution in [0, 0.1) is 0 Å². The summed E-state index contributed by atoms with van der Waals surface area (Å²) >= 11 is 10.8. The first-order valence-corrected chi connectivity index (χ1v) is 41.7. The van der Waals surface area contributed by atoms with Gasteiger partial charge in [-0.05, 0) is 144 Å². The fourth-order valence-corrected chi connectivity index (χ4v) is 29.8. The molecule has 0 saturated heterocycles. The number of para-hydroxylation sites is 6. The summed E-state index contributed by atoms with van der Waals surface area (Å²) in [6, 6.07) is 92.4. The molecule has 10 heterocycles. The van der Waals surface area contributed by atoms with Crippen LogP contribution in [0.25, 0.3) is 109 Å². The SMILES string of the molecule is CC1(C)c2ccccc2N(c2cc3c4c(c2)Oc2c(sc5ccccc25)P4(=O)c2ccc(-c4cccc5c4c4c(n5-c5ccc6sc7c(c6c5)Oc5cc(-n6c8ccccc8c8ccccc86)cc6c5P7(=S)c5ccc(-n7c8ccccc8c8ccccc87)cc5O6)C=CCC4)cc2O3)c2ccccc21.